The zero-order valence-electron chi connectivity index (χ0n) is 15.6. The second-order valence-corrected chi connectivity index (χ2v) is 6.54. The maximum Gasteiger partial charge on any atom is 0.573 e. The number of likely N-dealkylation sites (N-methyl/N-ethyl adjacent to an activating group) is 1. The van der Waals surface area contributed by atoms with Gasteiger partial charge in [0.2, 0.25) is 0 Å². The van der Waals surface area contributed by atoms with Crippen molar-refractivity contribution < 1.29 is 17.9 Å². The van der Waals surface area contributed by atoms with E-state index in [0.29, 0.717) is 12.1 Å². The highest BCUT2D eigenvalue weighted by atomic mass is 35.5. The van der Waals surface area contributed by atoms with Gasteiger partial charge in [-0.1, -0.05) is 24.3 Å². The summed E-state index contributed by atoms with van der Waals surface area (Å²) in [4.78, 5) is 9.03. The smallest absolute Gasteiger partial charge is 0.405 e. The molecule has 0 atom stereocenters. The van der Waals surface area contributed by atoms with Gasteiger partial charge in [0.25, 0.3) is 0 Å². The van der Waals surface area contributed by atoms with Crippen molar-refractivity contribution >= 4 is 18.2 Å². The first-order valence-electron chi connectivity index (χ1n) is 8.84. The normalized spacial score (nSPS) is 15.2. The van der Waals surface area contributed by atoms with E-state index in [1.165, 1.54) is 12.1 Å². The Hall–Kier alpha value is -2.03. The highest BCUT2D eigenvalue weighted by Gasteiger charge is 2.31. The molecule has 0 amide bonds. The van der Waals surface area contributed by atoms with Gasteiger partial charge in [0.1, 0.15) is 11.6 Å². The molecule has 1 N–H and O–H groups in total. The highest BCUT2D eigenvalue weighted by molar-refractivity contribution is 5.85. The van der Waals surface area contributed by atoms with E-state index in [1.807, 2.05) is 12.1 Å². The maximum atomic E-state index is 12.5. The van der Waals surface area contributed by atoms with Crippen LogP contribution < -0.4 is 15.0 Å². The van der Waals surface area contributed by atoms with E-state index < -0.39 is 6.36 Å². The summed E-state index contributed by atoms with van der Waals surface area (Å²) in [6, 6.07) is 10.0. The fourth-order valence-corrected chi connectivity index (χ4v) is 3.08. The van der Waals surface area contributed by atoms with Gasteiger partial charge in [-0.05, 0) is 19.2 Å². The van der Waals surface area contributed by atoms with E-state index in [9.17, 15) is 13.2 Å². The van der Waals surface area contributed by atoms with E-state index in [0.717, 1.165) is 37.6 Å². The van der Waals surface area contributed by atoms with E-state index in [2.05, 4.69) is 31.9 Å². The van der Waals surface area contributed by atoms with Crippen molar-refractivity contribution in [1.29, 1.82) is 0 Å². The molecule has 154 valence electrons. The van der Waals surface area contributed by atoms with Gasteiger partial charge in [-0.3, -0.25) is 0 Å². The molecule has 1 aromatic heterocycles. The van der Waals surface area contributed by atoms with E-state index >= 15 is 0 Å². The number of piperazine rings is 1. The van der Waals surface area contributed by atoms with Crippen molar-refractivity contribution in [1.82, 2.24) is 15.2 Å². The number of anilines is 1. The van der Waals surface area contributed by atoms with Crippen molar-refractivity contribution in [2.45, 2.75) is 19.5 Å². The Morgan fingerprint density at radius 3 is 2.36 bits per heavy atom. The number of para-hydroxylation sites is 1. The third-order valence-electron chi connectivity index (χ3n) is 4.50. The first kappa shape index (κ1) is 22.3. The molecule has 1 aromatic carbocycles. The molecule has 28 heavy (non-hydrogen) atoms. The molecule has 1 saturated heterocycles. The lowest BCUT2D eigenvalue weighted by Crippen LogP contribution is -2.45. The summed E-state index contributed by atoms with van der Waals surface area (Å²) in [5, 5.41) is 3.21. The van der Waals surface area contributed by atoms with Crippen molar-refractivity contribution in [2.24, 2.45) is 0 Å². The van der Waals surface area contributed by atoms with Crippen molar-refractivity contribution in [3.63, 3.8) is 0 Å². The molecule has 0 saturated carbocycles. The van der Waals surface area contributed by atoms with Crippen LogP contribution in [-0.4, -0.2) is 49.5 Å². The third kappa shape index (κ3) is 6.25. The number of ether oxygens (including phenoxy) is 1. The Kier molecular flexibility index (Phi) is 7.91. The van der Waals surface area contributed by atoms with Crippen LogP contribution in [0, 0.1) is 0 Å². The summed E-state index contributed by atoms with van der Waals surface area (Å²) in [5.41, 5.74) is 1.48. The Morgan fingerprint density at radius 1 is 1.00 bits per heavy atom. The molecule has 2 heterocycles. The Morgan fingerprint density at radius 2 is 1.64 bits per heavy atom. The molecule has 1 aliphatic rings. The minimum atomic E-state index is -4.70. The summed E-state index contributed by atoms with van der Waals surface area (Å²) in [5.74, 6) is 0.751. The van der Waals surface area contributed by atoms with Crippen molar-refractivity contribution in [3.8, 4) is 5.75 Å². The molecular weight excluding hydrogens is 393 g/mol. The topological polar surface area (TPSA) is 40.6 Å². The molecule has 0 radical (unpaired) electrons. The second-order valence-electron chi connectivity index (χ2n) is 6.54. The molecule has 1 fully saturated rings. The number of nitrogens with zero attached hydrogens (tertiary/aromatic N) is 3. The fourth-order valence-electron chi connectivity index (χ4n) is 3.08. The van der Waals surface area contributed by atoms with Gasteiger partial charge in [0, 0.05) is 56.6 Å². The zero-order chi connectivity index (χ0) is 19.3. The molecule has 0 spiro atoms. The average Bonchev–Trinajstić information content (AvgIpc) is 2.63. The number of nitrogens with one attached hydrogen (secondary N) is 1. The van der Waals surface area contributed by atoms with E-state index in [1.54, 1.807) is 18.3 Å². The maximum absolute atomic E-state index is 12.5. The summed E-state index contributed by atoms with van der Waals surface area (Å²) in [6.45, 7) is 4.54. The van der Waals surface area contributed by atoms with Gasteiger partial charge < -0.3 is 19.9 Å². The average molecular weight is 417 g/mol. The van der Waals surface area contributed by atoms with Crippen LogP contribution in [0.1, 0.15) is 11.1 Å². The molecule has 1 aliphatic heterocycles. The molecule has 2 aromatic rings. The van der Waals surface area contributed by atoms with Gasteiger partial charge in [-0.15, -0.1) is 25.6 Å². The number of aromatic nitrogens is 1. The number of benzene rings is 1. The van der Waals surface area contributed by atoms with Crippen LogP contribution in [0.2, 0.25) is 0 Å². The fraction of sp³-hybridized carbons (Fsp3) is 0.421. The summed E-state index contributed by atoms with van der Waals surface area (Å²) in [6.07, 6.45) is -2.93. The summed E-state index contributed by atoms with van der Waals surface area (Å²) >= 11 is 0. The van der Waals surface area contributed by atoms with Crippen LogP contribution in [0.5, 0.6) is 5.75 Å². The minimum absolute atomic E-state index is 0. The number of rotatable bonds is 6. The van der Waals surface area contributed by atoms with Gasteiger partial charge >= 0.3 is 6.36 Å². The zero-order valence-corrected chi connectivity index (χ0v) is 16.4. The third-order valence-corrected chi connectivity index (χ3v) is 4.50. The SMILES string of the molecule is CN1CCN(c2ncccc2CNCc2ccccc2OC(F)(F)F)CC1.Cl. The molecule has 0 unspecified atom stereocenters. The predicted molar refractivity (Wildman–Crippen MR) is 105 cm³/mol. The highest BCUT2D eigenvalue weighted by Crippen LogP contribution is 2.26. The molecular formula is C19H24ClF3N4O. The summed E-state index contributed by atoms with van der Waals surface area (Å²) < 4.78 is 41.7. The molecule has 0 bridgehead atoms. The van der Waals surface area contributed by atoms with E-state index in [4.69, 9.17) is 0 Å². The van der Waals surface area contributed by atoms with Crippen molar-refractivity contribution in [2.75, 3.05) is 38.1 Å². The van der Waals surface area contributed by atoms with Gasteiger partial charge in [0.05, 0.1) is 0 Å². The minimum Gasteiger partial charge on any atom is -0.405 e. The van der Waals surface area contributed by atoms with Gasteiger partial charge in [0.15, 0.2) is 0 Å². The lowest BCUT2D eigenvalue weighted by molar-refractivity contribution is -0.274. The van der Waals surface area contributed by atoms with Crippen LogP contribution in [0.25, 0.3) is 0 Å². The predicted octanol–water partition coefficient (Wildman–Crippen LogP) is 3.44. The number of hydrogen-bond acceptors (Lipinski definition) is 5. The standard InChI is InChI=1S/C19H23F3N4O.ClH/c1-25-9-11-26(12-10-25)18-16(6-4-8-24-18)14-23-13-15-5-2-3-7-17(15)27-19(20,21)22;/h2-8,23H,9-14H2,1H3;1H. The lowest BCUT2D eigenvalue weighted by Gasteiger charge is -2.34. The van der Waals surface area contributed by atoms with Crippen LogP contribution in [0.15, 0.2) is 42.6 Å². The second kappa shape index (κ2) is 9.95. The number of pyridine rings is 1. The Balaban J connectivity index is 0.00000280. The molecule has 9 heteroatoms. The monoisotopic (exact) mass is 416 g/mol. The van der Waals surface area contributed by atoms with Crippen LogP contribution in [-0.2, 0) is 13.1 Å². The Labute approximate surface area is 168 Å². The molecule has 5 nitrogen and oxygen atoms in total. The van der Waals surface area contributed by atoms with Gasteiger partial charge in [-0.2, -0.15) is 0 Å². The quantitative estimate of drug-likeness (QED) is 0.781. The Bertz CT molecular complexity index is 752. The van der Waals surface area contributed by atoms with E-state index in [-0.39, 0.29) is 24.7 Å². The summed E-state index contributed by atoms with van der Waals surface area (Å²) in [7, 11) is 2.10. The van der Waals surface area contributed by atoms with Crippen LogP contribution >= 0.6 is 12.4 Å². The molecule has 0 aliphatic carbocycles. The largest absolute Gasteiger partial charge is 0.573 e. The number of alkyl halides is 3. The number of halogens is 4. The first-order valence-corrected chi connectivity index (χ1v) is 8.84. The number of hydrogen-bond donors (Lipinski definition) is 1. The van der Waals surface area contributed by atoms with Gasteiger partial charge in [-0.25, -0.2) is 4.98 Å². The van der Waals surface area contributed by atoms with Crippen LogP contribution in [0.3, 0.4) is 0 Å². The van der Waals surface area contributed by atoms with Crippen molar-refractivity contribution in [3.05, 3.63) is 53.7 Å². The lowest BCUT2D eigenvalue weighted by atomic mass is 10.2. The molecule has 3 rings (SSSR count). The first-order chi connectivity index (χ1) is 12.9. The van der Waals surface area contributed by atoms with Crippen LogP contribution in [0.4, 0.5) is 19.0 Å².